The van der Waals surface area contributed by atoms with Crippen molar-refractivity contribution in [1.29, 1.82) is 0 Å². The maximum Gasteiger partial charge on any atom is 0.411 e. The zero-order chi connectivity index (χ0) is 17.9. The van der Waals surface area contributed by atoms with Crippen LogP contribution >= 0.6 is 0 Å². The summed E-state index contributed by atoms with van der Waals surface area (Å²) in [7, 11) is 1.47. The molecule has 0 heterocycles. The fourth-order valence-electron chi connectivity index (χ4n) is 2.14. The molecule has 0 aliphatic heterocycles. The van der Waals surface area contributed by atoms with Gasteiger partial charge in [0.1, 0.15) is 5.75 Å². The van der Waals surface area contributed by atoms with Crippen LogP contribution in [0.2, 0.25) is 0 Å². The molecule has 0 aromatic heterocycles. The second kappa shape index (κ2) is 10.4. The number of unbranched alkanes of at least 4 members (excludes halogenated alkanes) is 1. The third-order valence-corrected chi connectivity index (χ3v) is 3.71. The monoisotopic (exact) mass is 337 g/mol. The first-order chi connectivity index (χ1) is 11.5. The maximum atomic E-state index is 11.9. The molecule has 0 aliphatic rings. The maximum absolute atomic E-state index is 11.9. The number of benzene rings is 1. The topological polar surface area (TPSA) is 99.7 Å². The third-order valence-electron chi connectivity index (χ3n) is 3.71. The van der Waals surface area contributed by atoms with Crippen molar-refractivity contribution in [2.75, 3.05) is 24.3 Å². The van der Waals surface area contributed by atoms with Gasteiger partial charge in [-0.25, -0.2) is 9.59 Å². The van der Waals surface area contributed by atoms with Gasteiger partial charge in [-0.2, -0.15) is 0 Å². The van der Waals surface area contributed by atoms with Gasteiger partial charge in [-0.05, 0) is 30.5 Å². The van der Waals surface area contributed by atoms with E-state index in [0.29, 0.717) is 18.2 Å². The third kappa shape index (κ3) is 6.76. The molecule has 1 rings (SSSR count). The van der Waals surface area contributed by atoms with Gasteiger partial charge in [0.25, 0.3) is 0 Å². The number of nitrogens with one attached hydrogen (secondary N) is 3. The number of ether oxygens (including phenoxy) is 1. The van der Waals surface area contributed by atoms with Gasteiger partial charge < -0.3 is 20.5 Å². The summed E-state index contributed by atoms with van der Waals surface area (Å²) in [5.41, 5.74) is 0.618. The number of anilines is 2. The average Bonchev–Trinajstić information content (AvgIpc) is 2.58. The minimum Gasteiger partial charge on any atom is -0.506 e. The smallest absolute Gasteiger partial charge is 0.411 e. The lowest BCUT2D eigenvalue weighted by molar-refractivity contribution is 0.136. The van der Waals surface area contributed by atoms with E-state index in [1.165, 1.54) is 25.2 Å². The second-order valence-electron chi connectivity index (χ2n) is 5.58. The normalized spacial score (nSPS) is 11.5. The number of urea groups is 1. The van der Waals surface area contributed by atoms with Crippen LogP contribution in [0.15, 0.2) is 18.2 Å². The standard InChI is InChI=1S/C17H27N3O4/c1-4-6-7-12(5-2)11-24-17(23)19-13-8-9-15(21)14(10-13)20-16(22)18-3/h8-10,12,21H,4-7,11H2,1-3H3,(H,19,23)(H2,18,20,22). The number of phenolic OH excluding ortho intramolecular Hbond substituents is 1. The molecule has 0 saturated heterocycles. The number of phenols is 1. The molecule has 0 bridgehead atoms. The molecule has 0 saturated carbocycles. The molecule has 1 aromatic carbocycles. The first-order valence-electron chi connectivity index (χ1n) is 8.25. The van der Waals surface area contributed by atoms with Crippen molar-refractivity contribution in [2.45, 2.75) is 39.5 Å². The van der Waals surface area contributed by atoms with Gasteiger partial charge in [-0.3, -0.25) is 5.32 Å². The van der Waals surface area contributed by atoms with Crippen LogP contribution in [0, 0.1) is 5.92 Å². The molecule has 0 fully saturated rings. The van der Waals surface area contributed by atoms with Crippen LogP contribution in [0.5, 0.6) is 5.75 Å². The van der Waals surface area contributed by atoms with E-state index in [1.807, 2.05) is 0 Å². The first-order valence-corrected chi connectivity index (χ1v) is 8.25. The largest absolute Gasteiger partial charge is 0.506 e. The van der Waals surface area contributed by atoms with Gasteiger partial charge in [-0.1, -0.05) is 33.1 Å². The van der Waals surface area contributed by atoms with Crippen LogP contribution in [0.25, 0.3) is 0 Å². The van der Waals surface area contributed by atoms with E-state index >= 15 is 0 Å². The molecule has 0 aliphatic carbocycles. The van der Waals surface area contributed by atoms with Gasteiger partial charge >= 0.3 is 12.1 Å². The Hall–Kier alpha value is -2.44. The first kappa shape index (κ1) is 19.6. The Morgan fingerprint density at radius 3 is 2.62 bits per heavy atom. The Balaban J connectivity index is 2.57. The molecule has 24 heavy (non-hydrogen) atoms. The van der Waals surface area contributed by atoms with Crippen LogP contribution in [-0.2, 0) is 4.74 Å². The summed E-state index contributed by atoms with van der Waals surface area (Å²) < 4.78 is 5.26. The Bertz CT molecular complexity index is 549. The highest BCUT2D eigenvalue weighted by atomic mass is 16.5. The number of aromatic hydroxyl groups is 1. The highest BCUT2D eigenvalue weighted by Gasteiger charge is 2.12. The van der Waals surface area contributed by atoms with Crippen molar-refractivity contribution in [2.24, 2.45) is 5.92 Å². The average molecular weight is 337 g/mol. The fraction of sp³-hybridized carbons (Fsp3) is 0.529. The molecule has 7 nitrogen and oxygen atoms in total. The quantitative estimate of drug-likeness (QED) is 0.427. The van der Waals surface area contributed by atoms with Gasteiger partial charge in [0.05, 0.1) is 12.3 Å². The van der Waals surface area contributed by atoms with E-state index in [1.54, 1.807) is 0 Å². The number of carbonyl (C=O) groups is 2. The number of hydrogen-bond donors (Lipinski definition) is 4. The van der Waals surface area contributed by atoms with Gasteiger partial charge in [0, 0.05) is 12.7 Å². The lowest BCUT2D eigenvalue weighted by Crippen LogP contribution is -2.24. The van der Waals surface area contributed by atoms with E-state index in [-0.39, 0.29) is 11.4 Å². The van der Waals surface area contributed by atoms with E-state index in [4.69, 9.17) is 4.74 Å². The van der Waals surface area contributed by atoms with Gasteiger partial charge in [-0.15, -0.1) is 0 Å². The van der Waals surface area contributed by atoms with Crippen LogP contribution in [0.1, 0.15) is 39.5 Å². The summed E-state index contributed by atoms with van der Waals surface area (Å²) in [6, 6.07) is 3.91. The van der Waals surface area contributed by atoms with Crippen molar-refractivity contribution >= 4 is 23.5 Å². The Morgan fingerprint density at radius 2 is 2.00 bits per heavy atom. The lowest BCUT2D eigenvalue weighted by Gasteiger charge is -2.15. The van der Waals surface area contributed by atoms with Crippen molar-refractivity contribution in [3.63, 3.8) is 0 Å². The minimum atomic E-state index is -0.554. The molecule has 0 radical (unpaired) electrons. The van der Waals surface area contributed by atoms with E-state index in [2.05, 4.69) is 29.8 Å². The van der Waals surface area contributed by atoms with Crippen LogP contribution < -0.4 is 16.0 Å². The molecular formula is C17H27N3O4. The Morgan fingerprint density at radius 1 is 1.25 bits per heavy atom. The second-order valence-corrected chi connectivity index (χ2v) is 5.58. The fourth-order valence-corrected chi connectivity index (χ4v) is 2.14. The van der Waals surface area contributed by atoms with E-state index in [0.717, 1.165) is 25.7 Å². The van der Waals surface area contributed by atoms with Crippen molar-refractivity contribution < 1.29 is 19.4 Å². The number of rotatable bonds is 8. The summed E-state index contributed by atoms with van der Waals surface area (Å²) in [5.74, 6) is 0.268. The number of carbonyl (C=O) groups excluding carboxylic acids is 2. The summed E-state index contributed by atoms with van der Waals surface area (Å²) in [6.07, 6.45) is 3.70. The molecule has 134 valence electrons. The SMILES string of the molecule is CCCCC(CC)COC(=O)Nc1ccc(O)c(NC(=O)NC)c1. The molecule has 3 amide bonds. The summed E-state index contributed by atoms with van der Waals surface area (Å²) in [5, 5.41) is 17.2. The Kier molecular flexibility index (Phi) is 8.46. The molecule has 4 N–H and O–H groups in total. The van der Waals surface area contributed by atoms with Crippen LogP contribution in [0.4, 0.5) is 21.0 Å². The molecular weight excluding hydrogens is 310 g/mol. The zero-order valence-electron chi connectivity index (χ0n) is 14.5. The van der Waals surface area contributed by atoms with Gasteiger partial charge in [0.15, 0.2) is 0 Å². The summed E-state index contributed by atoms with van der Waals surface area (Å²) >= 11 is 0. The number of amides is 3. The van der Waals surface area contributed by atoms with Crippen LogP contribution in [0.3, 0.4) is 0 Å². The molecule has 1 unspecified atom stereocenters. The van der Waals surface area contributed by atoms with E-state index < -0.39 is 12.1 Å². The van der Waals surface area contributed by atoms with Crippen molar-refractivity contribution in [3.8, 4) is 5.75 Å². The van der Waals surface area contributed by atoms with Gasteiger partial charge in [0.2, 0.25) is 0 Å². The molecule has 1 aromatic rings. The predicted octanol–water partition coefficient (Wildman–Crippen LogP) is 3.91. The van der Waals surface area contributed by atoms with Crippen molar-refractivity contribution in [1.82, 2.24) is 5.32 Å². The molecule has 7 heteroatoms. The van der Waals surface area contributed by atoms with Crippen molar-refractivity contribution in [3.05, 3.63) is 18.2 Å². The highest BCUT2D eigenvalue weighted by molar-refractivity contribution is 5.92. The minimum absolute atomic E-state index is 0.0943. The lowest BCUT2D eigenvalue weighted by atomic mass is 10.0. The summed E-state index contributed by atoms with van der Waals surface area (Å²) in [6.45, 7) is 4.59. The van der Waals surface area contributed by atoms with Crippen LogP contribution in [-0.4, -0.2) is 30.9 Å². The van der Waals surface area contributed by atoms with E-state index in [9.17, 15) is 14.7 Å². The molecule has 0 spiro atoms. The summed E-state index contributed by atoms with van der Waals surface area (Å²) in [4.78, 5) is 23.2. The highest BCUT2D eigenvalue weighted by Crippen LogP contribution is 2.26. The molecule has 1 atom stereocenters. The number of hydrogen-bond acceptors (Lipinski definition) is 4. The Labute approximate surface area is 142 Å². The zero-order valence-corrected chi connectivity index (χ0v) is 14.5. The predicted molar refractivity (Wildman–Crippen MR) is 94.5 cm³/mol.